The third-order valence-corrected chi connectivity index (χ3v) is 5.21. The molecule has 4 rings (SSSR count). The molecule has 33 heavy (non-hydrogen) atoms. The summed E-state index contributed by atoms with van der Waals surface area (Å²) in [7, 11) is 3.16. The van der Waals surface area contributed by atoms with E-state index in [9.17, 15) is 9.59 Å². The number of hydrogen-bond acceptors (Lipinski definition) is 6. The molecule has 0 bridgehead atoms. The van der Waals surface area contributed by atoms with Gasteiger partial charge < -0.3 is 25.5 Å². The summed E-state index contributed by atoms with van der Waals surface area (Å²) >= 11 is 0. The molecule has 4 aromatic rings. The first-order valence-corrected chi connectivity index (χ1v) is 10.2. The fourth-order valence-corrected chi connectivity index (χ4v) is 3.82. The molecular weight excluding hydrogens is 420 g/mol. The van der Waals surface area contributed by atoms with Gasteiger partial charge in [0.25, 0.3) is 11.5 Å². The van der Waals surface area contributed by atoms with Crippen LogP contribution in [-0.2, 0) is 4.79 Å². The SMILES string of the molecule is CCNc1nc2c(C#CC(N)=O)c[nH]c(=O)c2c2cc(-c3cccc(OC)c3OC)ccc12. The number of benzene rings is 2. The molecule has 2 aromatic carbocycles. The number of anilines is 1. The number of aromatic nitrogens is 2. The van der Waals surface area contributed by atoms with Crippen molar-refractivity contribution in [3.8, 4) is 34.5 Å². The first-order valence-electron chi connectivity index (χ1n) is 10.2. The van der Waals surface area contributed by atoms with Crippen molar-refractivity contribution in [3.05, 3.63) is 58.5 Å². The van der Waals surface area contributed by atoms with Crippen LogP contribution in [0.4, 0.5) is 5.82 Å². The van der Waals surface area contributed by atoms with E-state index in [2.05, 4.69) is 27.1 Å². The van der Waals surface area contributed by atoms with Crippen LogP contribution in [0.3, 0.4) is 0 Å². The summed E-state index contributed by atoms with van der Waals surface area (Å²) < 4.78 is 11.0. The van der Waals surface area contributed by atoms with Gasteiger partial charge in [-0.3, -0.25) is 9.59 Å². The number of carbonyl (C=O) groups is 1. The molecule has 0 radical (unpaired) electrons. The van der Waals surface area contributed by atoms with Gasteiger partial charge in [-0.1, -0.05) is 30.2 Å². The van der Waals surface area contributed by atoms with Gasteiger partial charge in [0.05, 0.1) is 30.7 Å². The zero-order valence-corrected chi connectivity index (χ0v) is 18.4. The molecule has 4 N–H and O–H groups in total. The number of ether oxygens (including phenoxy) is 2. The van der Waals surface area contributed by atoms with Crippen LogP contribution in [0.2, 0.25) is 0 Å². The fraction of sp³-hybridized carbons (Fsp3) is 0.160. The summed E-state index contributed by atoms with van der Waals surface area (Å²) in [5, 5.41) is 5.07. The van der Waals surface area contributed by atoms with E-state index >= 15 is 0 Å². The van der Waals surface area contributed by atoms with E-state index < -0.39 is 5.91 Å². The summed E-state index contributed by atoms with van der Waals surface area (Å²) in [5.74, 6) is 6.05. The fourth-order valence-electron chi connectivity index (χ4n) is 3.82. The molecule has 0 saturated carbocycles. The van der Waals surface area contributed by atoms with Crippen LogP contribution in [0.25, 0.3) is 32.8 Å². The number of carbonyl (C=O) groups excluding carboxylic acids is 1. The molecule has 0 fully saturated rings. The Morgan fingerprint density at radius 2 is 2.00 bits per heavy atom. The number of fused-ring (bicyclic) bond motifs is 3. The molecule has 0 saturated heterocycles. The number of rotatable bonds is 5. The molecule has 8 nitrogen and oxygen atoms in total. The summed E-state index contributed by atoms with van der Waals surface area (Å²) in [6, 6.07) is 11.4. The first-order chi connectivity index (χ1) is 16.0. The lowest BCUT2D eigenvalue weighted by Crippen LogP contribution is -2.11. The normalized spacial score (nSPS) is 10.5. The number of H-pyrrole nitrogens is 1. The van der Waals surface area contributed by atoms with E-state index in [1.165, 1.54) is 6.20 Å². The van der Waals surface area contributed by atoms with E-state index in [1.807, 2.05) is 43.3 Å². The Labute approximate surface area is 189 Å². The van der Waals surface area contributed by atoms with Gasteiger partial charge in [0, 0.05) is 35.0 Å². The number of nitrogens with zero attached hydrogens (tertiary/aromatic N) is 1. The highest BCUT2D eigenvalue weighted by atomic mass is 16.5. The monoisotopic (exact) mass is 442 g/mol. The zero-order chi connectivity index (χ0) is 23.5. The minimum absolute atomic E-state index is 0.315. The van der Waals surface area contributed by atoms with Gasteiger partial charge in [0.15, 0.2) is 11.5 Å². The van der Waals surface area contributed by atoms with E-state index in [1.54, 1.807) is 14.2 Å². The van der Waals surface area contributed by atoms with E-state index in [0.29, 0.717) is 45.7 Å². The summed E-state index contributed by atoms with van der Waals surface area (Å²) in [4.78, 5) is 31.5. The second-order valence-electron chi connectivity index (χ2n) is 7.16. The smallest absolute Gasteiger partial charge is 0.293 e. The molecule has 0 aliphatic heterocycles. The Balaban J connectivity index is 2.10. The maximum Gasteiger partial charge on any atom is 0.293 e. The van der Waals surface area contributed by atoms with E-state index in [0.717, 1.165) is 16.5 Å². The predicted molar refractivity (Wildman–Crippen MR) is 129 cm³/mol. The lowest BCUT2D eigenvalue weighted by atomic mass is 9.98. The molecule has 2 heterocycles. The average molecular weight is 442 g/mol. The number of aromatic amines is 1. The molecule has 2 aromatic heterocycles. The van der Waals surface area contributed by atoms with Gasteiger partial charge in [-0.2, -0.15) is 0 Å². The van der Waals surface area contributed by atoms with Gasteiger partial charge in [-0.15, -0.1) is 0 Å². The molecular formula is C25H22N4O4. The van der Waals surface area contributed by atoms with Crippen LogP contribution >= 0.6 is 0 Å². The highest BCUT2D eigenvalue weighted by Gasteiger charge is 2.17. The predicted octanol–water partition coefficient (Wildman–Crippen LogP) is 3.03. The minimum Gasteiger partial charge on any atom is -0.493 e. The largest absolute Gasteiger partial charge is 0.493 e. The Kier molecular flexibility index (Phi) is 5.87. The third-order valence-electron chi connectivity index (χ3n) is 5.21. The van der Waals surface area contributed by atoms with Gasteiger partial charge in [-0.25, -0.2) is 4.98 Å². The van der Waals surface area contributed by atoms with Crippen molar-refractivity contribution in [1.29, 1.82) is 0 Å². The molecule has 0 unspecified atom stereocenters. The van der Waals surface area contributed by atoms with Crippen molar-refractivity contribution < 1.29 is 14.3 Å². The van der Waals surface area contributed by atoms with Crippen molar-refractivity contribution >= 4 is 33.4 Å². The molecule has 0 atom stereocenters. The first kappa shape index (κ1) is 21.7. The third kappa shape index (κ3) is 3.92. The average Bonchev–Trinajstić information content (AvgIpc) is 2.82. The zero-order valence-electron chi connectivity index (χ0n) is 18.4. The number of amides is 1. The van der Waals surface area contributed by atoms with Crippen LogP contribution in [0.15, 0.2) is 47.4 Å². The summed E-state index contributed by atoms with van der Waals surface area (Å²) in [5.41, 5.74) is 7.29. The number of hydrogen-bond donors (Lipinski definition) is 3. The van der Waals surface area contributed by atoms with Crippen molar-refractivity contribution in [1.82, 2.24) is 9.97 Å². The van der Waals surface area contributed by atoms with Gasteiger partial charge in [0.1, 0.15) is 5.82 Å². The maximum atomic E-state index is 12.9. The number of nitrogens with one attached hydrogen (secondary N) is 2. The van der Waals surface area contributed by atoms with Crippen molar-refractivity contribution in [2.75, 3.05) is 26.1 Å². The topological polar surface area (TPSA) is 119 Å². The van der Waals surface area contributed by atoms with Crippen molar-refractivity contribution in [2.24, 2.45) is 5.73 Å². The molecule has 1 amide bonds. The minimum atomic E-state index is -0.769. The standard InChI is InChI=1S/C25H22N4O4/c1-4-27-24-17-10-8-14(16-6-5-7-19(32-2)23(16)33-3)12-18(17)21-22(29-24)15(9-11-20(26)30)13-28-25(21)31/h5-8,10,12-13H,4H2,1-3H3,(H2,26,30)(H,27,29)(H,28,31). The Morgan fingerprint density at radius 1 is 1.18 bits per heavy atom. The Morgan fingerprint density at radius 3 is 2.70 bits per heavy atom. The van der Waals surface area contributed by atoms with Crippen molar-refractivity contribution in [3.63, 3.8) is 0 Å². The Bertz CT molecular complexity index is 1510. The molecule has 0 aliphatic rings. The lowest BCUT2D eigenvalue weighted by molar-refractivity contribution is -0.112. The van der Waals surface area contributed by atoms with Crippen LogP contribution in [0.5, 0.6) is 11.5 Å². The summed E-state index contributed by atoms with van der Waals surface area (Å²) in [6.07, 6.45) is 1.43. The maximum absolute atomic E-state index is 12.9. The number of primary amides is 1. The molecule has 0 spiro atoms. The molecule has 0 aliphatic carbocycles. The second kappa shape index (κ2) is 8.93. The molecule has 8 heteroatoms. The van der Waals surface area contributed by atoms with Gasteiger partial charge >= 0.3 is 0 Å². The number of nitrogens with two attached hydrogens (primary N) is 1. The van der Waals surface area contributed by atoms with Crippen LogP contribution in [-0.4, -0.2) is 36.6 Å². The number of para-hydroxylation sites is 1. The second-order valence-corrected chi connectivity index (χ2v) is 7.16. The molecule has 166 valence electrons. The van der Waals surface area contributed by atoms with Crippen molar-refractivity contribution in [2.45, 2.75) is 6.92 Å². The van der Waals surface area contributed by atoms with Crippen LogP contribution in [0, 0.1) is 11.8 Å². The summed E-state index contributed by atoms with van der Waals surface area (Å²) in [6.45, 7) is 2.59. The highest BCUT2D eigenvalue weighted by Crippen LogP contribution is 2.40. The Hall–Kier alpha value is -4.51. The lowest BCUT2D eigenvalue weighted by Gasteiger charge is -2.15. The highest BCUT2D eigenvalue weighted by molar-refractivity contribution is 6.12. The quantitative estimate of drug-likeness (QED) is 0.323. The van der Waals surface area contributed by atoms with Gasteiger partial charge in [0.2, 0.25) is 0 Å². The van der Waals surface area contributed by atoms with E-state index in [-0.39, 0.29) is 5.56 Å². The van der Waals surface area contributed by atoms with E-state index in [4.69, 9.17) is 15.2 Å². The van der Waals surface area contributed by atoms with Crippen LogP contribution in [0.1, 0.15) is 12.5 Å². The van der Waals surface area contributed by atoms with Gasteiger partial charge in [-0.05, 0) is 24.6 Å². The number of pyridine rings is 2. The van der Waals surface area contributed by atoms with Crippen LogP contribution < -0.4 is 26.1 Å². The number of methoxy groups -OCH3 is 2.